The molecule has 1 fully saturated rings. The van der Waals surface area contributed by atoms with Gasteiger partial charge in [-0.25, -0.2) is 0 Å². The van der Waals surface area contributed by atoms with Crippen LogP contribution in [0.3, 0.4) is 0 Å². The van der Waals surface area contributed by atoms with E-state index in [1.165, 1.54) is 12.8 Å². The van der Waals surface area contributed by atoms with Gasteiger partial charge in [0.2, 0.25) is 0 Å². The standard InChI is InChI=1S/C11H20N4O/c1-14-8-11(12-13-14)9-15-5-2-3-10(7-15)4-6-16/h8,10,16H,2-7,9H2,1H3. The normalized spacial score (nSPS) is 22.5. The topological polar surface area (TPSA) is 54.2 Å². The molecule has 0 saturated carbocycles. The fourth-order valence-corrected chi connectivity index (χ4v) is 2.41. The highest BCUT2D eigenvalue weighted by Crippen LogP contribution is 2.20. The SMILES string of the molecule is Cn1cc(CN2CCCC(CCO)C2)nn1. The summed E-state index contributed by atoms with van der Waals surface area (Å²) >= 11 is 0. The molecule has 1 N–H and O–H groups in total. The average molecular weight is 224 g/mol. The average Bonchev–Trinajstić information content (AvgIpc) is 2.65. The molecule has 0 bridgehead atoms. The molecule has 90 valence electrons. The van der Waals surface area contributed by atoms with Crippen molar-refractivity contribution in [3.63, 3.8) is 0 Å². The zero-order valence-electron chi connectivity index (χ0n) is 9.84. The summed E-state index contributed by atoms with van der Waals surface area (Å²) in [6, 6.07) is 0. The van der Waals surface area contributed by atoms with E-state index in [2.05, 4.69) is 15.2 Å². The maximum Gasteiger partial charge on any atom is 0.0967 e. The molecule has 0 radical (unpaired) electrons. The Morgan fingerprint density at radius 2 is 2.44 bits per heavy atom. The van der Waals surface area contributed by atoms with Crippen LogP contribution in [0.2, 0.25) is 0 Å². The van der Waals surface area contributed by atoms with E-state index in [4.69, 9.17) is 5.11 Å². The van der Waals surface area contributed by atoms with Crippen molar-refractivity contribution in [3.8, 4) is 0 Å². The lowest BCUT2D eigenvalue weighted by molar-refractivity contribution is 0.141. The van der Waals surface area contributed by atoms with Crippen molar-refractivity contribution in [2.75, 3.05) is 19.7 Å². The molecule has 1 aromatic rings. The maximum absolute atomic E-state index is 8.95. The Labute approximate surface area is 96.1 Å². The predicted molar refractivity (Wildman–Crippen MR) is 60.7 cm³/mol. The molecule has 16 heavy (non-hydrogen) atoms. The van der Waals surface area contributed by atoms with Crippen molar-refractivity contribution in [1.29, 1.82) is 0 Å². The van der Waals surface area contributed by atoms with Gasteiger partial charge < -0.3 is 5.11 Å². The van der Waals surface area contributed by atoms with Crippen LogP contribution in [0.4, 0.5) is 0 Å². The highest BCUT2D eigenvalue weighted by molar-refractivity contribution is 4.92. The quantitative estimate of drug-likeness (QED) is 0.805. The largest absolute Gasteiger partial charge is 0.396 e. The van der Waals surface area contributed by atoms with Crippen molar-refractivity contribution in [2.45, 2.75) is 25.8 Å². The van der Waals surface area contributed by atoms with Crippen LogP contribution >= 0.6 is 0 Å². The smallest absolute Gasteiger partial charge is 0.0967 e. The van der Waals surface area contributed by atoms with Crippen LogP contribution in [-0.4, -0.2) is 44.7 Å². The van der Waals surface area contributed by atoms with Crippen LogP contribution in [0.15, 0.2) is 6.20 Å². The first-order valence-electron chi connectivity index (χ1n) is 5.96. The summed E-state index contributed by atoms with van der Waals surface area (Å²) < 4.78 is 1.74. The monoisotopic (exact) mass is 224 g/mol. The molecule has 2 heterocycles. The number of aryl methyl sites for hydroxylation is 1. The van der Waals surface area contributed by atoms with E-state index in [9.17, 15) is 0 Å². The zero-order chi connectivity index (χ0) is 11.4. The number of nitrogens with zero attached hydrogens (tertiary/aromatic N) is 4. The van der Waals surface area contributed by atoms with Crippen molar-refractivity contribution in [3.05, 3.63) is 11.9 Å². The number of likely N-dealkylation sites (tertiary alicyclic amines) is 1. The number of rotatable bonds is 4. The Morgan fingerprint density at radius 3 is 3.12 bits per heavy atom. The molecule has 1 atom stereocenters. The van der Waals surface area contributed by atoms with Gasteiger partial charge in [0.15, 0.2) is 0 Å². The van der Waals surface area contributed by atoms with Gasteiger partial charge in [0.1, 0.15) is 0 Å². The van der Waals surface area contributed by atoms with E-state index in [-0.39, 0.29) is 0 Å². The first-order valence-corrected chi connectivity index (χ1v) is 5.96. The van der Waals surface area contributed by atoms with Gasteiger partial charge in [0, 0.05) is 32.9 Å². The molecule has 1 aliphatic rings. The molecule has 0 amide bonds. The van der Waals surface area contributed by atoms with Crippen molar-refractivity contribution < 1.29 is 5.11 Å². The molecule has 0 aliphatic carbocycles. The molecule has 5 heteroatoms. The first-order chi connectivity index (χ1) is 7.78. The molecule has 1 aromatic heterocycles. The van der Waals surface area contributed by atoms with E-state index >= 15 is 0 Å². The summed E-state index contributed by atoms with van der Waals surface area (Å²) in [6.45, 7) is 3.41. The Hall–Kier alpha value is -0.940. The van der Waals surface area contributed by atoms with Crippen LogP contribution in [0.1, 0.15) is 25.0 Å². The minimum Gasteiger partial charge on any atom is -0.396 e. The lowest BCUT2D eigenvalue weighted by Gasteiger charge is -2.31. The molecule has 1 unspecified atom stereocenters. The van der Waals surface area contributed by atoms with E-state index in [0.717, 1.165) is 31.7 Å². The highest BCUT2D eigenvalue weighted by Gasteiger charge is 2.20. The second-order valence-corrected chi connectivity index (χ2v) is 4.64. The zero-order valence-corrected chi connectivity index (χ0v) is 9.84. The Kier molecular flexibility index (Phi) is 3.90. The predicted octanol–water partition coefficient (Wildman–Crippen LogP) is 0.409. The molecule has 0 aromatic carbocycles. The Balaban J connectivity index is 1.85. The Bertz CT molecular complexity index is 324. The van der Waals surface area contributed by atoms with Gasteiger partial charge in [-0.2, -0.15) is 0 Å². The molecular weight excluding hydrogens is 204 g/mol. The van der Waals surface area contributed by atoms with Crippen LogP contribution in [0, 0.1) is 5.92 Å². The third kappa shape index (κ3) is 3.02. The summed E-state index contributed by atoms with van der Waals surface area (Å²) in [4.78, 5) is 2.41. The van der Waals surface area contributed by atoms with Gasteiger partial charge >= 0.3 is 0 Å². The molecule has 2 rings (SSSR count). The first kappa shape index (κ1) is 11.5. The van der Waals surface area contributed by atoms with Crippen LogP contribution < -0.4 is 0 Å². The van der Waals surface area contributed by atoms with E-state index in [1.807, 2.05) is 13.2 Å². The van der Waals surface area contributed by atoms with Gasteiger partial charge in [0.25, 0.3) is 0 Å². The molecule has 5 nitrogen and oxygen atoms in total. The van der Waals surface area contributed by atoms with Crippen LogP contribution in [0.25, 0.3) is 0 Å². The van der Waals surface area contributed by atoms with Gasteiger partial charge in [-0.1, -0.05) is 5.21 Å². The summed E-state index contributed by atoms with van der Waals surface area (Å²) in [5, 5.41) is 17.0. The molecule has 1 saturated heterocycles. The van der Waals surface area contributed by atoms with E-state index in [1.54, 1.807) is 4.68 Å². The number of aromatic nitrogens is 3. The van der Waals surface area contributed by atoms with Gasteiger partial charge in [-0.05, 0) is 31.7 Å². The summed E-state index contributed by atoms with van der Waals surface area (Å²) in [7, 11) is 1.89. The molecular formula is C11H20N4O. The highest BCUT2D eigenvalue weighted by atomic mass is 16.3. The molecule has 0 spiro atoms. The third-order valence-corrected chi connectivity index (χ3v) is 3.18. The van der Waals surface area contributed by atoms with Crippen molar-refractivity contribution in [2.24, 2.45) is 13.0 Å². The summed E-state index contributed by atoms with van der Waals surface area (Å²) in [6.07, 6.45) is 5.37. The minimum absolute atomic E-state index is 0.309. The fraction of sp³-hybridized carbons (Fsp3) is 0.818. The third-order valence-electron chi connectivity index (χ3n) is 3.18. The fourth-order valence-electron chi connectivity index (χ4n) is 2.41. The number of hydrogen-bond donors (Lipinski definition) is 1. The summed E-state index contributed by atoms with van der Waals surface area (Å²) in [5.41, 5.74) is 1.03. The molecule has 1 aliphatic heterocycles. The second kappa shape index (κ2) is 5.41. The lowest BCUT2D eigenvalue weighted by atomic mass is 9.95. The van der Waals surface area contributed by atoms with E-state index < -0.39 is 0 Å². The lowest BCUT2D eigenvalue weighted by Crippen LogP contribution is -2.35. The van der Waals surface area contributed by atoms with Crippen LogP contribution in [-0.2, 0) is 13.6 Å². The van der Waals surface area contributed by atoms with Gasteiger partial charge in [0.05, 0.1) is 5.69 Å². The number of aliphatic hydroxyl groups is 1. The number of piperidine rings is 1. The minimum atomic E-state index is 0.309. The van der Waals surface area contributed by atoms with Gasteiger partial charge in [-0.15, -0.1) is 5.10 Å². The van der Waals surface area contributed by atoms with Crippen molar-refractivity contribution in [1.82, 2.24) is 19.9 Å². The van der Waals surface area contributed by atoms with E-state index in [0.29, 0.717) is 12.5 Å². The summed E-state index contributed by atoms with van der Waals surface area (Å²) in [5.74, 6) is 0.649. The van der Waals surface area contributed by atoms with Gasteiger partial charge in [-0.3, -0.25) is 9.58 Å². The Morgan fingerprint density at radius 1 is 1.56 bits per heavy atom. The number of hydrogen-bond acceptors (Lipinski definition) is 4. The number of aliphatic hydroxyl groups excluding tert-OH is 1. The second-order valence-electron chi connectivity index (χ2n) is 4.64. The van der Waals surface area contributed by atoms with Crippen LogP contribution in [0.5, 0.6) is 0 Å². The van der Waals surface area contributed by atoms with Crippen molar-refractivity contribution >= 4 is 0 Å². The maximum atomic E-state index is 8.95.